The van der Waals surface area contributed by atoms with Crippen LogP contribution >= 0.6 is 0 Å². The molecule has 0 spiro atoms. The molecular weight excluding hydrogens is 386 g/mol. The van der Waals surface area contributed by atoms with Crippen molar-refractivity contribution in [3.05, 3.63) is 48.0 Å². The lowest BCUT2D eigenvalue weighted by atomic mass is 10.1. The zero-order valence-corrected chi connectivity index (χ0v) is 17.3. The Morgan fingerprint density at radius 1 is 1.07 bits per heavy atom. The van der Waals surface area contributed by atoms with Gasteiger partial charge in [0, 0.05) is 13.1 Å². The molecule has 2 aromatic rings. The second-order valence-electron chi connectivity index (χ2n) is 6.73. The van der Waals surface area contributed by atoms with E-state index < -0.39 is 5.91 Å². The van der Waals surface area contributed by atoms with Gasteiger partial charge in [0.2, 0.25) is 11.8 Å². The van der Waals surface area contributed by atoms with E-state index in [9.17, 15) is 14.4 Å². The number of nitrogens with zero attached hydrogens (tertiary/aromatic N) is 2. The Labute approximate surface area is 175 Å². The van der Waals surface area contributed by atoms with Crippen LogP contribution in [-0.4, -0.2) is 56.0 Å². The second-order valence-corrected chi connectivity index (χ2v) is 6.73. The van der Waals surface area contributed by atoms with E-state index in [4.69, 9.17) is 9.47 Å². The molecule has 3 rings (SSSR count). The Kier molecular flexibility index (Phi) is 6.56. The number of ether oxygens (including phenoxy) is 2. The molecule has 1 heterocycles. The molecule has 0 bridgehead atoms. The van der Waals surface area contributed by atoms with Gasteiger partial charge in [-0.1, -0.05) is 12.1 Å². The molecule has 8 heteroatoms. The van der Waals surface area contributed by atoms with E-state index in [1.165, 1.54) is 9.80 Å². The smallest absolute Gasteiger partial charge is 0.256 e. The van der Waals surface area contributed by atoms with Gasteiger partial charge in [0.15, 0.2) is 0 Å². The summed E-state index contributed by atoms with van der Waals surface area (Å²) in [6.07, 6.45) is 0. The summed E-state index contributed by atoms with van der Waals surface area (Å²) in [5.41, 5.74) is 1.25. The minimum absolute atomic E-state index is 0.106. The summed E-state index contributed by atoms with van der Waals surface area (Å²) in [5, 5.41) is 2.80. The summed E-state index contributed by atoms with van der Waals surface area (Å²) in [7, 11) is 1.56. The van der Waals surface area contributed by atoms with Gasteiger partial charge in [0.25, 0.3) is 5.91 Å². The molecule has 0 aliphatic carbocycles. The van der Waals surface area contributed by atoms with Crippen LogP contribution in [-0.2, 0) is 9.59 Å². The van der Waals surface area contributed by atoms with E-state index in [2.05, 4.69) is 5.32 Å². The van der Waals surface area contributed by atoms with E-state index >= 15 is 0 Å². The van der Waals surface area contributed by atoms with Crippen LogP contribution in [0, 0.1) is 0 Å². The molecule has 0 fully saturated rings. The summed E-state index contributed by atoms with van der Waals surface area (Å²) < 4.78 is 11.1. The number of para-hydroxylation sites is 1. The first kappa shape index (κ1) is 21.2. The lowest BCUT2D eigenvalue weighted by Crippen LogP contribution is -2.41. The lowest BCUT2D eigenvalue weighted by molar-refractivity contribution is -0.121. The van der Waals surface area contributed by atoms with Crippen molar-refractivity contribution in [2.24, 2.45) is 0 Å². The van der Waals surface area contributed by atoms with Gasteiger partial charge < -0.3 is 24.6 Å². The monoisotopic (exact) mass is 411 g/mol. The lowest BCUT2D eigenvalue weighted by Gasteiger charge is -2.22. The number of hydrogen-bond acceptors (Lipinski definition) is 5. The fourth-order valence-corrected chi connectivity index (χ4v) is 3.24. The van der Waals surface area contributed by atoms with Crippen LogP contribution in [0.5, 0.6) is 11.5 Å². The number of rotatable bonds is 7. The number of benzene rings is 2. The third-order valence-corrected chi connectivity index (χ3v) is 4.58. The number of nitrogens with one attached hydrogen (secondary N) is 1. The number of fused-ring (bicyclic) bond motifs is 1. The summed E-state index contributed by atoms with van der Waals surface area (Å²) in [6, 6.07) is 11.9. The van der Waals surface area contributed by atoms with Crippen LogP contribution in [0.15, 0.2) is 42.5 Å². The topological polar surface area (TPSA) is 88.2 Å². The Morgan fingerprint density at radius 3 is 2.53 bits per heavy atom. The zero-order valence-electron chi connectivity index (χ0n) is 17.3. The quantitative estimate of drug-likeness (QED) is 0.757. The van der Waals surface area contributed by atoms with Crippen LogP contribution in [0.25, 0.3) is 0 Å². The van der Waals surface area contributed by atoms with Gasteiger partial charge in [-0.25, -0.2) is 0 Å². The summed E-state index contributed by atoms with van der Waals surface area (Å²) in [6.45, 7) is 4.30. The largest absolute Gasteiger partial charge is 0.494 e. The molecule has 3 amide bonds. The van der Waals surface area contributed by atoms with Crippen LogP contribution in [0.3, 0.4) is 0 Å². The van der Waals surface area contributed by atoms with E-state index in [1.54, 1.807) is 49.5 Å². The van der Waals surface area contributed by atoms with E-state index in [-0.39, 0.29) is 24.9 Å². The van der Waals surface area contributed by atoms with Gasteiger partial charge >= 0.3 is 0 Å². The van der Waals surface area contributed by atoms with Crippen LogP contribution in [0.4, 0.5) is 11.4 Å². The van der Waals surface area contributed by atoms with Crippen molar-refractivity contribution in [3.8, 4) is 11.5 Å². The molecule has 2 aromatic carbocycles. The number of amides is 3. The van der Waals surface area contributed by atoms with Gasteiger partial charge in [-0.3, -0.25) is 14.4 Å². The van der Waals surface area contributed by atoms with Crippen molar-refractivity contribution in [2.45, 2.75) is 13.8 Å². The Hall–Kier alpha value is -3.55. The third-order valence-electron chi connectivity index (χ3n) is 4.58. The van der Waals surface area contributed by atoms with Crippen molar-refractivity contribution in [1.29, 1.82) is 0 Å². The first-order valence-corrected chi connectivity index (χ1v) is 9.79. The molecular formula is C22H25N3O5. The first-order valence-electron chi connectivity index (χ1n) is 9.79. The summed E-state index contributed by atoms with van der Waals surface area (Å²) in [4.78, 5) is 40.8. The molecule has 0 unspecified atom stereocenters. The zero-order chi connectivity index (χ0) is 21.7. The van der Waals surface area contributed by atoms with Gasteiger partial charge in [-0.2, -0.15) is 0 Å². The average molecular weight is 411 g/mol. The molecule has 158 valence electrons. The molecule has 0 radical (unpaired) electrons. The highest BCUT2D eigenvalue weighted by molar-refractivity contribution is 6.12. The summed E-state index contributed by atoms with van der Waals surface area (Å²) in [5.74, 6) is 0.0974. The highest BCUT2D eigenvalue weighted by Crippen LogP contribution is 2.30. The normalized spacial score (nSPS) is 13.6. The van der Waals surface area contributed by atoms with Gasteiger partial charge in [0.1, 0.15) is 24.6 Å². The maximum absolute atomic E-state index is 12.8. The average Bonchev–Trinajstić information content (AvgIpc) is 2.81. The molecule has 30 heavy (non-hydrogen) atoms. The standard InChI is InChI=1S/C22H25N3O5/c1-4-29-15-10-11-19(30-5-2)17(12-15)23-20(26)13-25-18-9-7-6-8-16(18)22(28)24(3)14-21(25)27/h6-12H,4-5,13-14H2,1-3H3,(H,23,26). The van der Waals surface area contributed by atoms with Crippen molar-refractivity contribution in [1.82, 2.24) is 4.90 Å². The van der Waals surface area contributed by atoms with E-state index in [0.29, 0.717) is 41.7 Å². The van der Waals surface area contributed by atoms with Crippen molar-refractivity contribution >= 4 is 29.1 Å². The third kappa shape index (κ3) is 4.53. The second kappa shape index (κ2) is 9.30. The number of likely N-dealkylation sites (N-methyl/N-ethyl adjacent to an activating group) is 1. The number of carbonyl (C=O) groups is 3. The van der Waals surface area contributed by atoms with Gasteiger partial charge in [-0.05, 0) is 38.1 Å². The van der Waals surface area contributed by atoms with Crippen molar-refractivity contribution < 1.29 is 23.9 Å². The van der Waals surface area contributed by atoms with Crippen molar-refractivity contribution in [3.63, 3.8) is 0 Å². The predicted octanol–water partition coefficient (Wildman–Crippen LogP) is 2.54. The molecule has 1 N–H and O–H groups in total. The molecule has 1 aliphatic heterocycles. The highest BCUT2D eigenvalue weighted by atomic mass is 16.5. The fourth-order valence-electron chi connectivity index (χ4n) is 3.24. The van der Waals surface area contributed by atoms with Crippen LogP contribution < -0.4 is 19.7 Å². The molecule has 0 saturated heterocycles. The maximum atomic E-state index is 12.8. The number of hydrogen-bond donors (Lipinski definition) is 1. The molecule has 0 aromatic heterocycles. The van der Waals surface area contributed by atoms with Crippen molar-refractivity contribution in [2.75, 3.05) is 43.6 Å². The summed E-state index contributed by atoms with van der Waals surface area (Å²) >= 11 is 0. The number of anilines is 2. The molecule has 0 atom stereocenters. The van der Waals surface area contributed by atoms with Gasteiger partial charge in [-0.15, -0.1) is 0 Å². The Morgan fingerprint density at radius 2 is 1.80 bits per heavy atom. The Bertz CT molecular complexity index is 960. The van der Waals surface area contributed by atoms with Crippen LogP contribution in [0.1, 0.15) is 24.2 Å². The minimum atomic E-state index is -0.412. The van der Waals surface area contributed by atoms with E-state index in [0.717, 1.165) is 0 Å². The minimum Gasteiger partial charge on any atom is -0.494 e. The molecule has 0 saturated carbocycles. The first-order chi connectivity index (χ1) is 14.4. The fraction of sp³-hybridized carbons (Fsp3) is 0.318. The molecule has 1 aliphatic rings. The molecule has 8 nitrogen and oxygen atoms in total. The van der Waals surface area contributed by atoms with Crippen LogP contribution in [0.2, 0.25) is 0 Å². The SMILES string of the molecule is CCOc1ccc(OCC)c(NC(=O)CN2C(=O)CN(C)C(=O)c3ccccc32)c1. The Balaban J connectivity index is 1.85. The predicted molar refractivity (Wildman–Crippen MR) is 113 cm³/mol. The van der Waals surface area contributed by atoms with E-state index in [1.807, 2.05) is 13.8 Å². The number of carbonyl (C=O) groups excluding carboxylic acids is 3. The highest BCUT2D eigenvalue weighted by Gasteiger charge is 2.30. The maximum Gasteiger partial charge on any atom is 0.256 e. The van der Waals surface area contributed by atoms with Gasteiger partial charge in [0.05, 0.1) is 30.2 Å².